The van der Waals surface area contributed by atoms with E-state index >= 15 is 0 Å². The number of aromatic nitrogens is 1. The molecule has 0 saturated heterocycles. The Bertz CT molecular complexity index is 1180. The molecule has 0 spiro atoms. The molecule has 0 radical (unpaired) electrons. The van der Waals surface area contributed by atoms with Gasteiger partial charge in [-0.3, -0.25) is 4.79 Å². The van der Waals surface area contributed by atoms with Crippen LogP contribution in [0, 0.1) is 6.92 Å². The molecule has 12 heteroatoms. The summed E-state index contributed by atoms with van der Waals surface area (Å²) in [4.78, 5) is 20.2. The number of alkyl halides is 6. The van der Waals surface area contributed by atoms with Gasteiger partial charge in [-0.1, -0.05) is 12.1 Å². The van der Waals surface area contributed by atoms with Crippen LogP contribution in [0.3, 0.4) is 0 Å². The summed E-state index contributed by atoms with van der Waals surface area (Å²) in [6.45, 7) is 1.57. The van der Waals surface area contributed by atoms with Crippen molar-refractivity contribution in [3.8, 4) is 0 Å². The molecule has 33 heavy (non-hydrogen) atoms. The molecule has 0 unspecified atom stereocenters. The van der Waals surface area contributed by atoms with Crippen LogP contribution in [0.15, 0.2) is 53.0 Å². The molecule has 174 valence electrons. The number of thiazole rings is 1. The Morgan fingerprint density at radius 2 is 1.64 bits per heavy atom. The SMILES string of the molecule is Cc1ncsc1C(=O)N=C(N)c1cc(C(F)(F)F)ccc1NCc1ccc(C(F)(F)F)cc1. The Kier molecular flexibility index (Phi) is 6.77. The second-order valence-electron chi connectivity index (χ2n) is 6.88. The number of amidine groups is 1. The lowest BCUT2D eigenvalue weighted by molar-refractivity contribution is -0.138. The van der Waals surface area contributed by atoms with Gasteiger partial charge in [0.15, 0.2) is 0 Å². The van der Waals surface area contributed by atoms with Gasteiger partial charge in [0.25, 0.3) is 5.91 Å². The first-order chi connectivity index (χ1) is 15.4. The van der Waals surface area contributed by atoms with E-state index in [0.717, 1.165) is 41.7 Å². The van der Waals surface area contributed by atoms with Crippen LogP contribution in [0.1, 0.15) is 37.6 Å². The zero-order valence-corrected chi connectivity index (χ0v) is 17.7. The minimum absolute atomic E-state index is 0.00825. The highest BCUT2D eigenvalue weighted by atomic mass is 32.1. The second kappa shape index (κ2) is 9.22. The third-order valence-corrected chi connectivity index (χ3v) is 5.47. The fourth-order valence-corrected chi connectivity index (χ4v) is 3.51. The zero-order chi connectivity index (χ0) is 24.4. The van der Waals surface area contributed by atoms with Crippen LogP contribution in [-0.4, -0.2) is 16.7 Å². The quantitative estimate of drug-likeness (QED) is 0.278. The smallest absolute Gasteiger partial charge is 0.383 e. The number of benzene rings is 2. The lowest BCUT2D eigenvalue weighted by Gasteiger charge is -2.15. The Morgan fingerprint density at radius 1 is 1.03 bits per heavy atom. The topological polar surface area (TPSA) is 80.4 Å². The number of halogens is 6. The van der Waals surface area contributed by atoms with Crippen molar-refractivity contribution in [1.29, 1.82) is 0 Å². The Labute approximate surface area is 188 Å². The minimum atomic E-state index is -4.67. The summed E-state index contributed by atoms with van der Waals surface area (Å²) in [5.41, 5.74) is 6.28. The molecule has 3 rings (SSSR count). The van der Waals surface area contributed by atoms with Gasteiger partial charge in [-0.05, 0) is 42.8 Å². The van der Waals surface area contributed by atoms with E-state index in [9.17, 15) is 31.1 Å². The van der Waals surface area contributed by atoms with Crippen LogP contribution in [0.25, 0.3) is 0 Å². The number of anilines is 1. The van der Waals surface area contributed by atoms with Crippen LogP contribution >= 0.6 is 11.3 Å². The molecule has 0 saturated carbocycles. The summed E-state index contributed by atoms with van der Waals surface area (Å²) in [5, 5.41) is 2.84. The van der Waals surface area contributed by atoms with E-state index < -0.39 is 35.2 Å². The van der Waals surface area contributed by atoms with E-state index in [1.165, 1.54) is 17.6 Å². The number of aryl methyl sites for hydroxylation is 1. The van der Waals surface area contributed by atoms with Gasteiger partial charge in [-0.25, -0.2) is 4.98 Å². The Balaban J connectivity index is 1.90. The summed E-state index contributed by atoms with van der Waals surface area (Å²) < 4.78 is 77.8. The van der Waals surface area contributed by atoms with Crippen molar-refractivity contribution in [3.05, 3.63) is 80.8 Å². The average Bonchev–Trinajstić information content (AvgIpc) is 3.17. The molecule has 0 bridgehead atoms. The summed E-state index contributed by atoms with van der Waals surface area (Å²) in [5.74, 6) is -1.20. The van der Waals surface area contributed by atoms with Crippen LogP contribution < -0.4 is 11.1 Å². The second-order valence-corrected chi connectivity index (χ2v) is 7.73. The van der Waals surface area contributed by atoms with Gasteiger partial charge in [-0.2, -0.15) is 31.3 Å². The highest BCUT2D eigenvalue weighted by molar-refractivity contribution is 7.11. The number of aliphatic imine (C=N–C) groups is 1. The zero-order valence-electron chi connectivity index (χ0n) is 16.9. The van der Waals surface area contributed by atoms with Gasteiger partial charge in [0.05, 0.1) is 22.3 Å². The fraction of sp³-hybridized carbons (Fsp3) is 0.190. The molecule has 1 amide bonds. The number of carbonyl (C=O) groups excluding carboxylic acids is 1. The van der Waals surface area contributed by atoms with Gasteiger partial charge >= 0.3 is 12.4 Å². The predicted octanol–water partition coefficient (Wildman–Crippen LogP) is 5.65. The first kappa shape index (κ1) is 24.2. The number of amides is 1. The van der Waals surface area contributed by atoms with Crippen molar-refractivity contribution in [1.82, 2.24) is 4.98 Å². The van der Waals surface area contributed by atoms with Crippen LogP contribution in [0.4, 0.5) is 32.0 Å². The molecule has 1 aromatic heterocycles. The molecule has 1 heterocycles. The monoisotopic (exact) mass is 486 g/mol. The van der Waals surface area contributed by atoms with E-state index in [0.29, 0.717) is 11.3 Å². The minimum Gasteiger partial charge on any atom is -0.383 e. The molecule has 0 aliphatic rings. The van der Waals surface area contributed by atoms with Gasteiger partial charge in [0.2, 0.25) is 0 Å². The van der Waals surface area contributed by atoms with E-state index in [4.69, 9.17) is 5.73 Å². The van der Waals surface area contributed by atoms with E-state index in [-0.39, 0.29) is 22.7 Å². The van der Waals surface area contributed by atoms with Crippen molar-refractivity contribution in [2.24, 2.45) is 10.7 Å². The van der Waals surface area contributed by atoms with Crippen LogP contribution in [0.5, 0.6) is 0 Å². The molecular formula is C21H16F6N4OS. The first-order valence-electron chi connectivity index (χ1n) is 9.26. The number of nitrogens with one attached hydrogen (secondary N) is 1. The number of hydrogen-bond acceptors (Lipinski definition) is 4. The summed E-state index contributed by atoms with van der Waals surface area (Å²) in [6.07, 6.45) is -9.15. The van der Waals surface area contributed by atoms with Crippen molar-refractivity contribution >= 4 is 28.8 Å². The highest BCUT2D eigenvalue weighted by Gasteiger charge is 2.32. The van der Waals surface area contributed by atoms with Crippen molar-refractivity contribution in [2.75, 3.05) is 5.32 Å². The van der Waals surface area contributed by atoms with Crippen LogP contribution in [0.2, 0.25) is 0 Å². The molecule has 0 atom stereocenters. The van der Waals surface area contributed by atoms with E-state index in [2.05, 4.69) is 15.3 Å². The summed E-state index contributed by atoms with van der Waals surface area (Å²) in [6, 6.07) is 6.97. The molecule has 2 aromatic carbocycles. The van der Waals surface area contributed by atoms with Gasteiger partial charge in [-0.15, -0.1) is 11.3 Å². The van der Waals surface area contributed by atoms with Crippen molar-refractivity contribution in [2.45, 2.75) is 25.8 Å². The highest BCUT2D eigenvalue weighted by Crippen LogP contribution is 2.32. The Hall–Kier alpha value is -3.41. The number of rotatable bonds is 5. The normalized spacial score (nSPS) is 12.6. The number of hydrogen-bond donors (Lipinski definition) is 2. The third-order valence-electron chi connectivity index (χ3n) is 4.55. The first-order valence-corrected chi connectivity index (χ1v) is 10.1. The lowest BCUT2D eigenvalue weighted by atomic mass is 10.1. The maximum atomic E-state index is 13.2. The molecular weight excluding hydrogens is 470 g/mol. The predicted molar refractivity (Wildman–Crippen MR) is 112 cm³/mol. The largest absolute Gasteiger partial charge is 0.416 e. The molecule has 0 fully saturated rings. The fourth-order valence-electron chi connectivity index (χ4n) is 2.82. The van der Waals surface area contributed by atoms with E-state index in [1.54, 1.807) is 6.92 Å². The molecule has 5 nitrogen and oxygen atoms in total. The number of nitrogens with zero attached hydrogens (tertiary/aromatic N) is 2. The molecule has 0 aliphatic carbocycles. The third kappa shape index (κ3) is 5.89. The van der Waals surface area contributed by atoms with E-state index in [1.807, 2.05) is 0 Å². The number of nitrogens with two attached hydrogens (primary N) is 1. The molecule has 3 N–H and O–H groups in total. The summed E-state index contributed by atoms with van der Waals surface area (Å²) >= 11 is 1.02. The molecule has 0 aliphatic heterocycles. The van der Waals surface area contributed by atoms with Gasteiger partial charge < -0.3 is 11.1 Å². The Morgan fingerprint density at radius 3 is 2.18 bits per heavy atom. The standard InChI is InChI=1S/C21H16F6N4OS/c1-11-17(33-10-30-11)19(32)31-18(28)15-8-14(21(25,26)27)6-7-16(15)29-9-12-2-4-13(5-3-12)20(22,23)24/h2-8,10,29H,9H2,1H3,(H2,28,31,32). The summed E-state index contributed by atoms with van der Waals surface area (Å²) in [7, 11) is 0. The maximum absolute atomic E-state index is 13.2. The van der Waals surface area contributed by atoms with Crippen molar-refractivity contribution < 1.29 is 31.1 Å². The maximum Gasteiger partial charge on any atom is 0.416 e. The van der Waals surface area contributed by atoms with Gasteiger partial charge in [0, 0.05) is 17.8 Å². The molecule has 3 aromatic rings. The number of carbonyl (C=O) groups is 1. The van der Waals surface area contributed by atoms with Crippen molar-refractivity contribution in [3.63, 3.8) is 0 Å². The lowest BCUT2D eigenvalue weighted by Crippen LogP contribution is -2.19. The average molecular weight is 486 g/mol. The van der Waals surface area contributed by atoms with Crippen LogP contribution in [-0.2, 0) is 18.9 Å². The van der Waals surface area contributed by atoms with Gasteiger partial charge in [0.1, 0.15) is 10.7 Å².